The van der Waals surface area contributed by atoms with Crippen LogP contribution in [-0.2, 0) is 6.54 Å². The lowest BCUT2D eigenvalue weighted by Crippen LogP contribution is -2.37. The first-order valence-electron chi connectivity index (χ1n) is 6.43. The van der Waals surface area contributed by atoms with E-state index < -0.39 is 0 Å². The lowest BCUT2D eigenvalue weighted by atomic mass is 9.82. The maximum absolute atomic E-state index is 9.27. The molecule has 1 N–H and O–H groups in total. The maximum atomic E-state index is 9.27. The Morgan fingerprint density at radius 1 is 1.53 bits per heavy atom. The van der Waals surface area contributed by atoms with E-state index in [0.29, 0.717) is 12.0 Å². The van der Waals surface area contributed by atoms with Crippen molar-refractivity contribution in [2.75, 3.05) is 13.6 Å². The first kappa shape index (κ1) is 12.6. The zero-order valence-electron chi connectivity index (χ0n) is 11.0. The van der Waals surface area contributed by atoms with Crippen molar-refractivity contribution in [3.8, 4) is 0 Å². The molecule has 0 spiro atoms. The van der Waals surface area contributed by atoms with Crippen LogP contribution in [0.5, 0.6) is 0 Å². The van der Waals surface area contributed by atoms with Crippen LogP contribution in [0.3, 0.4) is 0 Å². The second-order valence-electron chi connectivity index (χ2n) is 5.57. The van der Waals surface area contributed by atoms with Gasteiger partial charge in [-0.2, -0.15) is 0 Å². The quantitative estimate of drug-likeness (QED) is 0.847. The van der Waals surface area contributed by atoms with Crippen molar-refractivity contribution < 1.29 is 5.11 Å². The van der Waals surface area contributed by atoms with Crippen molar-refractivity contribution in [2.45, 2.75) is 45.4 Å². The molecule has 0 aromatic carbocycles. The third-order valence-electron chi connectivity index (χ3n) is 3.52. The average molecular weight is 237 g/mol. The monoisotopic (exact) mass is 237 g/mol. The molecule has 0 saturated heterocycles. The molecule has 96 valence electrons. The molecular weight excluding hydrogens is 214 g/mol. The van der Waals surface area contributed by atoms with Crippen molar-refractivity contribution >= 4 is 0 Å². The van der Waals surface area contributed by atoms with Crippen LogP contribution in [0.15, 0.2) is 12.5 Å². The summed E-state index contributed by atoms with van der Waals surface area (Å²) in [7, 11) is 2.14. The number of aliphatic hydroxyl groups is 1. The van der Waals surface area contributed by atoms with E-state index in [2.05, 4.69) is 35.3 Å². The highest BCUT2D eigenvalue weighted by atomic mass is 16.3. The smallest absolute Gasteiger partial charge is 0.0951 e. The summed E-state index contributed by atoms with van der Waals surface area (Å²) in [5.74, 6) is 0.672. The molecule has 17 heavy (non-hydrogen) atoms. The van der Waals surface area contributed by atoms with Gasteiger partial charge in [0.25, 0.3) is 0 Å². The van der Waals surface area contributed by atoms with Crippen molar-refractivity contribution in [1.29, 1.82) is 0 Å². The van der Waals surface area contributed by atoms with Crippen LogP contribution in [0.1, 0.15) is 38.4 Å². The minimum Gasteiger partial charge on any atom is -0.393 e. The lowest BCUT2D eigenvalue weighted by molar-refractivity contribution is 0.0271. The van der Waals surface area contributed by atoms with Crippen molar-refractivity contribution in [1.82, 2.24) is 14.5 Å². The number of imidazole rings is 1. The van der Waals surface area contributed by atoms with Crippen LogP contribution in [0.2, 0.25) is 0 Å². The highest BCUT2D eigenvalue weighted by Crippen LogP contribution is 2.27. The molecule has 0 radical (unpaired) electrons. The summed E-state index contributed by atoms with van der Waals surface area (Å²) in [6.45, 7) is 6.35. The Labute approximate surface area is 103 Å². The Kier molecular flexibility index (Phi) is 3.84. The largest absolute Gasteiger partial charge is 0.393 e. The van der Waals surface area contributed by atoms with Crippen molar-refractivity contribution in [3.05, 3.63) is 18.2 Å². The third-order valence-corrected chi connectivity index (χ3v) is 3.52. The van der Waals surface area contributed by atoms with Crippen molar-refractivity contribution in [2.24, 2.45) is 5.92 Å². The molecule has 0 unspecified atom stereocenters. The van der Waals surface area contributed by atoms with Gasteiger partial charge in [-0.05, 0) is 39.7 Å². The summed E-state index contributed by atoms with van der Waals surface area (Å²) in [4.78, 5) is 6.54. The molecule has 1 aromatic rings. The molecule has 0 atom stereocenters. The molecule has 2 rings (SSSR count). The molecule has 1 fully saturated rings. The molecule has 0 amide bonds. The van der Waals surface area contributed by atoms with E-state index in [1.54, 1.807) is 0 Å². The van der Waals surface area contributed by atoms with E-state index in [1.807, 2.05) is 12.5 Å². The zero-order chi connectivity index (χ0) is 12.4. The molecule has 1 aliphatic rings. The van der Waals surface area contributed by atoms with Gasteiger partial charge in [-0.15, -0.1) is 0 Å². The van der Waals surface area contributed by atoms with Gasteiger partial charge in [-0.25, -0.2) is 4.98 Å². The van der Waals surface area contributed by atoms with E-state index in [9.17, 15) is 5.11 Å². The Hall–Kier alpha value is -0.870. The van der Waals surface area contributed by atoms with Gasteiger partial charge in [0.15, 0.2) is 0 Å². The Bertz CT molecular complexity index is 355. The Balaban J connectivity index is 1.85. The molecule has 0 aliphatic heterocycles. The standard InChI is InChI=1S/C13H23N3O/c1-10(2)16-9-14-6-12(16)8-15(3)7-11-4-13(17)5-11/h6,9-11,13,17H,4-5,7-8H2,1-3H3. The SMILES string of the molecule is CC(C)n1cncc1CN(C)CC1CC(O)C1. The minimum absolute atomic E-state index is 0.0467. The molecule has 0 bridgehead atoms. The van der Waals surface area contributed by atoms with E-state index in [4.69, 9.17) is 0 Å². The topological polar surface area (TPSA) is 41.3 Å². The Morgan fingerprint density at radius 2 is 2.24 bits per heavy atom. The second-order valence-corrected chi connectivity index (χ2v) is 5.57. The van der Waals surface area contributed by atoms with Crippen LogP contribution in [0.4, 0.5) is 0 Å². The first-order valence-corrected chi connectivity index (χ1v) is 6.43. The van der Waals surface area contributed by atoms with Crippen LogP contribution in [-0.4, -0.2) is 39.3 Å². The van der Waals surface area contributed by atoms with E-state index in [1.165, 1.54) is 5.69 Å². The fourth-order valence-electron chi connectivity index (χ4n) is 2.55. The summed E-state index contributed by atoms with van der Waals surface area (Å²) in [6.07, 6.45) is 5.74. The average Bonchev–Trinajstić information content (AvgIpc) is 2.63. The van der Waals surface area contributed by atoms with Crippen LogP contribution in [0, 0.1) is 5.92 Å². The molecular formula is C13H23N3O. The first-order chi connectivity index (χ1) is 8.06. The highest BCUT2D eigenvalue weighted by Gasteiger charge is 2.27. The molecule has 1 saturated carbocycles. The van der Waals surface area contributed by atoms with Crippen molar-refractivity contribution in [3.63, 3.8) is 0 Å². The van der Waals surface area contributed by atoms with Crippen LogP contribution in [0.25, 0.3) is 0 Å². The highest BCUT2D eigenvalue weighted by molar-refractivity contribution is 4.99. The van der Waals surface area contributed by atoms with Gasteiger partial charge < -0.3 is 14.6 Å². The fraction of sp³-hybridized carbons (Fsp3) is 0.769. The van der Waals surface area contributed by atoms with Gasteiger partial charge in [0.1, 0.15) is 0 Å². The normalized spacial score (nSPS) is 24.4. The predicted octanol–water partition coefficient (Wildman–Crippen LogP) is 1.67. The summed E-state index contributed by atoms with van der Waals surface area (Å²) >= 11 is 0. The number of nitrogens with zero attached hydrogens (tertiary/aromatic N) is 3. The van der Waals surface area contributed by atoms with Gasteiger partial charge in [-0.3, -0.25) is 0 Å². The van der Waals surface area contributed by atoms with Crippen LogP contribution < -0.4 is 0 Å². The second kappa shape index (κ2) is 5.19. The van der Waals surface area contributed by atoms with Gasteiger partial charge in [0.2, 0.25) is 0 Å². The molecule has 4 heteroatoms. The van der Waals surface area contributed by atoms with Gasteiger partial charge in [0, 0.05) is 25.3 Å². The minimum atomic E-state index is -0.0467. The zero-order valence-corrected chi connectivity index (χ0v) is 11.0. The number of hydrogen-bond donors (Lipinski definition) is 1. The maximum Gasteiger partial charge on any atom is 0.0951 e. The lowest BCUT2D eigenvalue weighted by Gasteiger charge is -2.34. The predicted molar refractivity (Wildman–Crippen MR) is 67.7 cm³/mol. The molecule has 1 aliphatic carbocycles. The summed E-state index contributed by atoms with van der Waals surface area (Å²) in [5.41, 5.74) is 1.27. The molecule has 4 nitrogen and oxygen atoms in total. The number of aliphatic hydroxyl groups excluding tert-OH is 1. The van der Waals surface area contributed by atoms with Gasteiger partial charge in [0.05, 0.1) is 18.1 Å². The van der Waals surface area contributed by atoms with E-state index in [-0.39, 0.29) is 6.10 Å². The van der Waals surface area contributed by atoms with Gasteiger partial charge in [-0.1, -0.05) is 0 Å². The fourth-order valence-corrected chi connectivity index (χ4v) is 2.55. The number of rotatable bonds is 5. The Morgan fingerprint density at radius 3 is 2.82 bits per heavy atom. The summed E-state index contributed by atoms with van der Waals surface area (Å²) in [5, 5.41) is 9.27. The van der Waals surface area contributed by atoms with Gasteiger partial charge >= 0.3 is 0 Å². The number of hydrogen-bond acceptors (Lipinski definition) is 3. The molecule has 1 aromatic heterocycles. The summed E-state index contributed by atoms with van der Waals surface area (Å²) in [6, 6.07) is 0.464. The van der Waals surface area contributed by atoms with E-state index in [0.717, 1.165) is 25.9 Å². The van der Waals surface area contributed by atoms with E-state index >= 15 is 0 Å². The summed E-state index contributed by atoms with van der Waals surface area (Å²) < 4.78 is 2.21. The third kappa shape index (κ3) is 3.07. The molecule has 1 heterocycles. The van der Waals surface area contributed by atoms with Crippen LogP contribution >= 0.6 is 0 Å². The number of aromatic nitrogens is 2.